The van der Waals surface area contributed by atoms with Crippen LogP contribution in [0.15, 0.2) is 39.7 Å². The van der Waals surface area contributed by atoms with Crippen LogP contribution >= 0.6 is 0 Å². The Labute approximate surface area is 156 Å². The van der Waals surface area contributed by atoms with Gasteiger partial charge in [0, 0.05) is 24.5 Å². The van der Waals surface area contributed by atoms with Crippen molar-refractivity contribution in [2.45, 2.75) is 38.8 Å². The molecular formula is C20H24N4O3. The van der Waals surface area contributed by atoms with Gasteiger partial charge in [0.25, 0.3) is 0 Å². The summed E-state index contributed by atoms with van der Waals surface area (Å²) < 4.78 is 6.90. The Morgan fingerprint density at radius 3 is 3.00 bits per heavy atom. The first kappa shape index (κ1) is 17.7. The molecule has 7 nitrogen and oxygen atoms in total. The fourth-order valence-electron chi connectivity index (χ4n) is 3.87. The Hall–Kier alpha value is -2.67. The molecule has 1 N–H and O–H groups in total. The van der Waals surface area contributed by atoms with Crippen molar-refractivity contribution in [1.29, 1.82) is 0 Å². The van der Waals surface area contributed by atoms with Gasteiger partial charge in [0.1, 0.15) is 17.5 Å². The van der Waals surface area contributed by atoms with Gasteiger partial charge in [-0.1, -0.05) is 18.6 Å². The van der Waals surface area contributed by atoms with Crippen molar-refractivity contribution >= 4 is 27.8 Å². The molecule has 1 saturated heterocycles. The molecule has 3 aromatic rings. The summed E-state index contributed by atoms with van der Waals surface area (Å²) in [6.07, 6.45) is 5.21. The molecular weight excluding hydrogens is 344 g/mol. The van der Waals surface area contributed by atoms with Gasteiger partial charge in [0.2, 0.25) is 5.91 Å². The molecule has 0 saturated carbocycles. The zero-order valence-electron chi connectivity index (χ0n) is 15.5. The lowest BCUT2D eigenvalue weighted by Crippen LogP contribution is -2.42. The van der Waals surface area contributed by atoms with Crippen molar-refractivity contribution < 1.29 is 9.21 Å². The summed E-state index contributed by atoms with van der Waals surface area (Å²) in [7, 11) is 0. The number of benzene rings is 1. The van der Waals surface area contributed by atoms with Gasteiger partial charge in [-0.15, -0.1) is 0 Å². The second-order valence-corrected chi connectivity index (χ2v) is 7.18. The third-order valence-electron chi connectivity index (χ3n) is 5.36. The minimum Gasteiger partial charge on any atom is -0.422 e. The first-order chi connectivity index (χ1) is 13.1. The molecule has 2 aromatic heterocycles. The van der Waals surface area contributed by atoms with Crippen LogP contribution in [0.4, 0.5) is 0 Å². The average molecular weight is 368 g/mol. The van der Waals surface area contributed by atoms with Gasteiger partial charge < -0.3 is 9.73 Å². The molecule has 0 aliphatic carbocycles. The van der Waals surface area contributed by atoms with Gasteiger partial charge in [-0.25, -0.2) is 4.79 Å². The van der Waals surface area contributed by atoms with E-state index in [1.807, 2.05) is 18.2 Å². The Balaban J connectivity index is 1.47. The predicted octanol–water partition coefficient (Wildman–Crippen LogP) is 2.13. The number of hydrogen-bond acceptors (Lipinski definition) is 5. The van der Waals surface area contributed by atoms with Crippen molar-refractivity contribution in [3.63, 3.8) is 0 Å². The number of hydrogen-bond donors (Lipinski definition) is 1. The molecule has 1 atom stereocenters. The lowest BCUT2D eigenvalue weighted by atomic mass is 10.0. The van der Waals surface area contributed by atoms with Crippen molar-refractivity contribution in [3.8, 4) is 0 Å². The summed E-state index contributed by atoms with van der Waals surface area (Å²) in [6.45, 7) is 4.90. The largest absolute Gasteiger partial charge is 0.422 e. The maximum atomic E-state index is 12.4. The lowest BCUT2D eigenvalue weighted by molar-refractivity contribution is -0.121. The van der Waals surface area contributed by atoms with Crippen molar-refractivity contribution in [3.05, 3.63) is 40.9 Å². The summed E-state index contributed by atoms with van der Waals surface area (Å²) in [5, 5.41) is 8.38. The predicted molar refractivity (Wildman–Crippen MR) is 104 cm³/mol. The van der Waals surface area contributed by atoms with Gasteiger partial charge >= 0.3 is 5.63 Å². The number of piperidine rings is 1. The SMILES string of the molecule is CC1CCCCN1CCNC(=O)Cn1ncc2c(=O)oc3ccccc3c21. The third kappa shape index (κ3) is 3.60. The van der Waals surface area contributed by atoms with Crippen LogP contribution in [0, 0.1) is 0 Å². The Morgan fingerprint density at radius 1 is 1.30 bits per heavy atom. The van der Waals surface area contributed by atoms with Gasteiger partial charge in [-0.05, 0) is 38.4 Å². The van der Waals surface area contributed by atoms with E-state index in [0.717, 1.165) is 18.5 Å². The molecule has 4 rings (SSSR count). The van der Waals surface area contributed by atoms with Gasteiger partial charge in [0.05, 0.1) is 11.7 Å². The molecule has 0 spiro atoms. The molecule has 1 aliphatic heterocycles. The fourth-order valence-corrected chi connectivity index (χ4v) is 3.87. The van der Waals surface area contributed by atoms with E-state index in [1.54, 1.807) is 10.7 Å². The molecule has 1 aromatic carbocycles. The molecule has 1 amide bonds. The molecule has 7 heteroatoms. The maximum absolute atomic E-state index is 12.4. The van der Waals surface area contributed by atoms with E-state index in [1.165, 1.54) is 25.5 Å². The normalized spacial score (nSPS) is 18.2. The molecule has 0 radical (unpaired) electrons. The number of nitrogens with one attached hydrogen (secondary N) is 1. The highest BCUT2D eigenvalue weighted by atomic mass is 16.4. The maximum Gasteiger partial charge on any atom is 0.347 e. The van der Waals surface area contributed by atoms with E-state index in [0.29, 0.717) is 29.1 Å². The summed E-state index contributed by atoms with van der Waals surface area (Å²) in [5.74, 6) is -0.109. The highest BCUT2D eigenvalue weighted by Gasteiger charge is 2.18. The minimum atomic E-state index is -0.436. The van der Waals surface area contributed by atoms with Crippen LogP contribution in [0.25, 0.3) is 21.9 Å². The van der Waals surface area contributed by atoms with Crippen LogP contribution in [0.1, 0.15) is 26.2 Å². The van der Waals surface area contributed by atoms with Crippen LogP contribution in [-0.4, -0.2) is 46.3 Å². The third-order valence-corrected chi connectivity index (χ3v) is 5.36. The lowest BCUT2D eigenvalue weighted by Gasteiger charge is -2.33. The van der Waals surface area contributed by atoms with E-state index in [9.17, 15) is 9.59 Å². The van der Waals surface area contributed by atoms with Crippen molar-refractivity contribution in [2.75, 3.05) is 19.6 Å². The number of aromatic nitrogens is 2. The Kier molecular flexibility index (Phi) is 4.94. The van der Waals surface area contributed by atoms with Gasteiger partial charge in [0.15, 0.2) is 0 Å². The summed E-state index contributed by atoms with van der Waals surface area (Å²) in [6, 6.07) is 7.88. The smallest absolute Gasteiger partial charge is 0.347 e. The van der Waals surface area contributed by atoms with Crippen LogP contribution in [-0.2, 0) is 11.3 Å². The molecule has 1 aliphatic rings. The number of likely N-dealkylation sites (tertiary alicyclic amines) is 1. The Morgan fingerprint density at radius 2 is 2.15 bits per heavy atom. The number of amides is 1. The number of rotatable bonds is 5. The molecule has 1 fully saturated rings. The first-order valence-corrected chi connectivity index (χ1v) is 9.51. The summed E-state index contributed by atoms with van der Waals surface area (Å²) in [4.78, 5) is 27.0. The standard InChI is InChI=1S/C20H24N4O3/c1-14-6-4-5-10-23(14)11-9-21-18(25)13-24-19-15-7-2-3-8-17(15)27-20(26)16(19)12-22-24/h2-3,7-8,12,14H,4-6,9-11,13H2,1H3,(H,21,25). The van der Waals surface area contributed by atoms with E-state index < -0.39 is 5.63 Å². The molecule has 3 heterocycles. The number of nitrogens with zero attached hydrogens (tertiary/aromatic N) is 3. The van der Waals surface area contributed by atoms with E-state index in [2.05, 4.69) is 22.2 Å². The second-order valence-electron chi connectivity index (χ2n) is 7.18. The zero-order valence-corrected chi connectivity index (χ0v) is 15.5. The summed E-state index contributed by atoms with van der Waals surface area (Å²) in [5.41, 5.74) is 0.701. The van der Waals surface area contributed by atoms with Crippen molar-refractivity contribution in [1.82, 2.24) is 20.0 Å². The van der Waals surface area contributed by atoms with Crippen molar-refractivity contribution in [2.24, 2.45) is 0 Å². The number of para-hydroxylation sites is 1. The molecule has 27 heavy (non-hydrogen) atoms. The highest BCUT2D eigenvalue weighted by Crippen LogP contribution is 2.22. The van der Waals surface area contributed by atoms with Gasteiger partial charge in [-0.2, -0.15) is 5.10 Å². The monoisotopic (exact) mass is 368 g/mol. The number of carbonyl (C=O) groups excluding carboxylic acids is 1. The number of carbonyl (C=O) groups is 1. The zero-order chi connectivity index (χ0) is 18.8. The Bertz CT molecular complexity index is 1020. The fraction of sp³-hybridized carbons (Fsp3) is 0.450. The topological polar surface area (TPSA) is 80.4 Å². The number of fused-ring (bicyclic) bond motifs is 3. The average Bonchev–Trinajstić information content (AvgIpc) is 3.08. The van der Waals surface area contributed by atoms with E-state index >= 15 is 0 Å². The molecule has 1 unspecified atom stereocenters. The van der Waals surface area contributed by atoms with E-state index in [4.69, 9.17) is 4.42 Å². The highest BCUT2D eigenvalue weighted by molar-refractivity contribution is 6.02. The minimum absolute atomic E-state index is 0.0759. The van der Waals surface area contributed by atoms with E-state index in [-0.39, 0.29) is 12.5 Å². The quantitative estimate of drug-likeness (QED) is 0.698. The second kappa shape index (κ2) is 7.52. The molecule has 142 valence electrons. The van der Waals surface area contributed by atoms with Crippen LogP contribution < -0.4 is 10.9 Å². The summed E-state index contributed by atoms with van der Waals surface area (Å²) >= 11 is 0. The molecule has 0 bridgehead atoms. The first-order valence-electron chi connectivity index (χ1n) is 9.51. The van der Waals surface area contributed by atoms with Crippen LogP contribution in [0.3, 0.4) is 0 Å². The van der Waals surface area contributed by atoms with Gasteiger partial charge in [-0.3, -0.25) is 14.4 Å². The van der Waals surface area contributed by atoms with Crippen LogP contribution in [0.2, 0.25) is 0 Å². The van der Waals surface area contributed by atoms with Crippen LogP contribution in [0.5, 0.6) is 0 Å².